The molecular weight excluding hydrogens is 294 g/mol. The number of nitrogens with zero attached hydrogens (tertiary/aromatic N) is 2. The molecule has 0 radical (unpaired) electrons. The molecule has 0 unspecified atom stereocenters. The van der Waals surface area contributed by atoms with Gasteiger partial charge in [0.05, 0.1) is 12.8 Å². The molecule has 1 fully saturated rings. The molecule has 0 saturated carbocycles. The predicted octanol–water partition coefficient (Wildman–Crippen LogP) is 2.32. The Bertz CT molecular complexity index is 540. The highest BCUT2D eigenvalue weighted by molar-refractivity contribution is 5.77. The molecule has 1 amide bonds. The average molecular weight is 321 g/mol. The number of hydrogen-bond acceptors (Lipinski definition) is 4. The number of rotatable bonds is 5. The van der Waals surface area contributed by atoms with Crippen molar-refractivity contribution in [2.24, 2.45) is 5.92 Å². The molecule has 2 heterocycles. The van der Waals surface area contributed by atoms with Crippen LogP contribution < -0.4 is 0 Å². The van der Waals surface area contributed by atoms with E-state index < -0.39 is 0 Å². The predicted molar refractivity (Wildman–Crippen MR) is 87.0 cm³/mol. The highest BCUT2D eigenvalue weighted by atomic mass is 16.5. The van der Waals surface area contributed by atoms with Crippen LogP contribution in [0.25, 0.3) is 0 Å². The first-order valence-corrected chi connectivity index (χ1v) is 8.28. The van der Waals surface area contributed by atoms with Gasteiger partial charge in [-0.25, -0.2) is 0 Å². The van der Waals surface area contributed by atoms with Gasteiger partial charge in [-0.1, -0.05) is 6.92 Å². The minimum atomic E-state index is -0.158. The summed E-state index contributed by atoms with van der Waals surface area (Å²) >= 11 is 0. The highest BCUT2D eigenvalue weighted by Crippen LogP contribution is 2.27. The number of H-pyrrole nitrogens is 1. The Morgan fingerprint density at radius 3 is 2.52 bits per heavy atom. The Kier molecular flexibility index (Phi) is 5.80. The third kappa shape index (κ3) is 4.33. The lowest BCUT2D eigenvalue weighted by atomic mass is 9.92. The lowest BCUT2D eigenvalue weighted by Gasteiger charge is -2.32. The maximum absolute atomic E-state index is 12.5. The molecule has 6 heteroatoms. The Morgan fingerprint density at radius 1 is 1.35 bits per heavy atom. The normalized spacial score (nSPS) is 17.1. The van der Waals surface area contributed by atoms with Gasteiger partial charge in [0.2, 0.25) is 5.91 Å². The van der Waals surface area contributed by atoms with Crippen molar-refractivity contribution in [3.8, 4) is 0 Å². The summed E-state index contributed by atoms with van der Waals surface area (Å²) in [5.41, 5.74) is 3.16. The minimum Gasteiger partial charge on any atom is -0.469 e. The van der Waals surface area contributed by atoms with E-state index in [4.69, 9.17) is 4.74 Å². The van der Waals surface area contributed by atoms with Crippen LogP contribution in [0.3, 0.4) is 0 Å². The van der Waals surface area contributed by atoms with Gasteiger partial charge in [0, 0.05) is 31.6 Å². The number of ether oxygens (including phenoxy) is 1. The highest BCUT2D eigenvalue weighted by Gasteiger charge is 2.26. The Balaban J connectivity index is 1.84. The minimum absolute atomic E-state index is 0.158. The van der Waals surface area contributed by atoms with Gasteiger partial charge in [0.15, 0.2) is 0 Å². The fourth-order valence-electron chi connectivity index (χ4n) is 3.48. The Morgan fingerprint density at radius 2 is 2.00 bits per heavy atom. The molecular formula is C17H27N3O3. The third-order valence-electron chi connectivity index (χ3n) is 4.81. The first-order valence-electron chi connectivity index (χ1n) is 8.28. The van der Waals surface area contributed by atoms with Crippen molar-refractivity contribution in [1.29, 1.82) is 0 Å². The van der Waals surface area contributed by atoms with Gasteiger partial charge in [-0.2, -0.15) is 5.10 Å². The molecule has 128 valence electrons. The molecule has 23 heavy (non-hydrogen) atoms. The van der Waals surface area contributed by atoms with E-state index in [-0.39, 0.29) is 17.8 Å². The molecule has 0 aromatic carbocycles. The van der Waals surface area contributed by atoms with Gasteiger partial charge in [0.1, 0.15) is 0 Å². The van der Waals surface area contributed by atoms with Gasteiger partial charge in [-0.05, 0) is 44.1 Å². The number of hydrogen-bond donors (Lipinski definition) is 1. The van der Waals surface area contributed by atoms with Crippen LogP contribution in [0.15, 0.2) is 0 Å². The summed E-state index contributed by atoms with van der Waals surface area (Å²) in [6.45, 7) is 7.51. The van der Waals surface area contributed by atoms with E-state index in [0.29, 0.717) is 18.8 Å². The van der Waals surface area contributed by atoms with Crippen molar-refractivity contribution in [2.75, 3.05) is 20.2 Å². The molecule has 0 aliphatic carbocycles. The molecule has 1 atom stereocenters. The van der Waals surface area contributed by atoms with E-state index >= 15 is 0 Å². The van der Waals surface area contributed by atoms with Crippen molar-refractivity contribution < 1.29 is 14.3 Å². The summed E-state index contributed by atoms with van der Waals surface area (Å²) in [5, 5.41) is 7.19. The third-order valence-corrected chi connectivity index (χ3v) is 4.81. The summed E-state index contributed by atoms with van der Waals surface area (Å²) in [5.74, 6) is 0.527. The van der Waals surface area contributed by atoms with Crippen LogP contribution in [0.2, 0.25) is 0 Å². The number of amides is 1. The lowest BCUT2D eigenvalue weighted by molar-refractivity contribution is -0.142. The summed E-state index contributed by atoms with van der Waals surface area (Å²) in [6.07, 6.45) is 2.71. The fourth-order valence-corrected chi connectivity index (χ4v) is 3.48. The first-order chi connectivity index (χ1) is 10.9. The molecule has 1 saturated heterocycles. The molecule has 1 N–H and O–H groups in total. The van der Waals surface area contributed by atoms with Gasteiger partial charge in [-0.15, -0.1) is 0 Å². The maximum Gasteiger partial charge on any atom is 0.305 e. The maximum atomic E-state index is 12.5. The van der Waals surface area contributed by atoms with E-state index in [9.17, 15) is 9.59 Å². The van der Waals surface area contributed by atoms with Crippen molar-refractivity contribution in [1.82, 2.24) is 15.1 Å². The summed E-state index contributed by atoms with van der Waals surface area (Å²) in [4.78, 5) is 25.8. The number of nitrogens with one attached hydrogen (secondary N) is 1. The number of aromatic nitrogens is 2. The lowest BCUT2D eigenvalue weighted by Crippen LogP contribution is -2.39. The van der Waals surface area contributed by atoms with Crippen molar-refractivity contribution in [3.63, 3.8) is 0 Å². The van der Waals surface area contributed by atoms with E-state index in [2.05, 4.69) is 17.1 Å². The summed E-state index contributed by atoms with van der Waals surface area (Å²) < 4.78 is 4.72. The average Bonchev–Trinajstić information content (AvgIpc) is 2.86. The van der Waals surface area contributed by atoms with Crippen LogP contribution in [-0.2, 0) is 14.3 Å². The zero-order valence-corrected chi connectivity index (χ0v) is 14.5. The van der Waals surface area contributed by atoms with Crippen molar-refractivity contribution in [3.05, 3.63) is 17.0 Å². The summed E-state index contributed by atoms with van der Waals surface area (Å²) in [7, 11) is 1.42. The molecule has 1 aliphatic heterocycles. The largest absolute Gasteiger partial charge is 0.469 e. The van der Waals surface area contributed by atoms with E-state index in [1.165, 1.54) is 7.11 Å². The smallest absolute Gasteiger partial charge is 0.305 e. The van der Waals surface area contributed by atoms with E-state index in [0.717, 1.165) is 42.9 Å². The number of piperidine rings is 1. The molecule has 6 nitrogen and oxygen atoms in total. The topological polar surface area (TPSA) is 75.3 Å². The Labute approximate surface area is 137 Å². The number of aryl methyl sites for hydroxylation is 2. The number of likely N-dealkylation sites (tertiary alicyclic amines) is 1. The van der Waals surface area contributed by atoms with Crippen molar-refractivity contribution in [2.45, 2.75) is 52.4 Å². The second kappa shape index (κ2) is 7.62. The monoisotopic (exact) mass is 321 g/mol. The molecule has 0 spiro atoms. The quantitative estimate of drug-likeness (QED) is 0.845. The number of carbonyl (C=O) groups excluding carboxylic acids is 2. The van der Waals surface area contributed by atoms with Crippen LogP contribution >= 0.6 is 0 Å². The van der Waals surface area contributed by atoms with Crippen LogP contribution in [0, 0.1) is 19.8 Å². The zero-order chi connectivity index (χ0) is 17.0. The van der Waals surface area contributed by atoms with Gasteiger partial charge in [-0.3, -0.25) is 14.7 Å². The van der Waals surface area contributed by atoms with E-state index in [1.54, 1.807) is 0 Å². The fraction of sp³-hybridized carbons (Fsp3) is 0.706. The second-order valence-corrected chi connectivity index (χ2v) is 6.56. The van der Waals surface area contributed by atoms with Crippen LogP contribution in [-0.4, -0.2) is 47.2 Å². The second-order valence-electron chi connectivity index (χ2n) is 6.56. The van der Waals surface area contributed by atoms with Crippen LogP contribution in [0.4, 0.5) is 0 Å². The summed E-state index contributed by atoms with van der Waals surface area (Å²) in [6, 6.07) is 0. The SMILES string of the molecule is COC(=O)CC1CCN(C(=O)C[C@H](C)c2c(C)n[nH]c2C)CC1. The molecule has 2 rings (SSSR count). The van der Waals surface area contributed by atoms with Gasteiger partial charge >= 0.3 is 5.97 Å². The van der Waals surface area contributed by atoms with Crippen molar-refractivity contribution >= 4 is 11.9 Å². The number of esters is 1. The standard InChI is InChI=1S/C17H27N3O3/c1-11(17-12(2)18-19-13(17)3)9-15(21)20-7-5-14(6-8-20)10-16(22)23-4/h11,14H,5-10H2,1-4H3,(H,18,19)/t11-/m0/s1. The van der Waals surface area contributed by atoms with Crippen LogP contribution in [0.1, 0.15) is 55.5 Å². The van der Waals surface area contributed by atoms with E-state index in [1.807, 2.05) is 18.7 Å². The number of carbonyl (C=O) groups is 2. The van der Waals surface area contributed by atoms with Crippen LogP contribution in [0.5, 0.6) is 0 Å². The molecule has 1 aromatic heterocycles. The Hall–Kier alpha value is -1.85. The number of aromatic amines is 1. The van der Waals surface area contributed by atoms with Gasteiger partial charge < -0.3 is 9.64 Å². The molecule has 1 aromatic rings. The molecule has 0 bridgehead atoms. The molecule has 1 aliphatic rings. The van der Waals surface area contributed by atoms with Gasteiger partial charge in [0.25, 0.3) is 0 Å². The first kappa shape index (κ1) is 17.5. The zero-order valence-electron chi connectivity index (χ0n) is 14.5. The number of methoxy groups -OCH3 is 1.